The normalized spacial score (nSPS) is 10.2. The van der Waals surface area contributed by atoms with E-state index in [1.807, 2.05) is 55.4 Å². The zero-order valence-corrected chi connectivity index (χ0v) is 30.3. The van der Waals surface area contributed by atoms with Gasteiger partial charge in [0, 0.05) is 70.8 Å². The summed E-state index contributed by atoms with van der Waals surface area (Å²) in [5, 5.41) is 5.38. The molecule has 44 heavy (non-hydrogen) atoms. The Morgan fingerprint density at radius 1 is 0.409 bits per heavy atom. The van der Waals surface area contributed by atoms with Gasteiger partial charge in [-0.15, -0.1) is 0 Å². The first-order chi connectivity index (χ1) is 21.3. The maximum absolute atomic E-state index is 2.32. The van der Waals surface area contributed by atoms with Crippen LogP contribution in [-0.2, 0) is 27.2 Å². The van der Waals surface area contributed by atoms with Crippen LogP contribution in [0, 0.1) is 0 Å². The SMILES string of the molecule is CC.CC.CC.CC.CN(C)Cc1ccc2c(c1)c1ccccc1n2C.CN(C)Cc1ccc2c3ccccc3n(C)c2c1. The molecule has 0 amide bonds. The van der Waals surface area contributed by atoms with E-state index in [2.05, 4.69) is 146 Å². The number of aryl methyl sites for hydroxylation is 2. The van der Waals surface area contributed by atoms with Crippen LogP contribution in [0.25, 0.3) is 43.6 Å². The molecule has 6 aromatic rings. The van der Waals surface area contributed by atoms with Crippen molar-refractivity contribution in [2.45, 2.75) is 68.5 Å². The zero-order valence-electron chi connectivity index (χ0n) is 30.3. The quantitative estimate of drug-likeness (QED) is 0.201. The van der Waals surface area contributed by atoms with Gasteiger partial charge >= 0.3 is 0 Å². The average molecular weight is 597 g/mol. The molecule has 0 fully saturated rings. The molecule has 0 saturated heterocycles. The Balaban J connectivity index is 0.000000359. The van der Waals surface area contributed by atoms with Crippen molar-refractivity contribution in [1.29, 1.82) is 0 Å². The Morgan fingerprint density at radius 3 is 1.27 bits per heavy atom. The Hall–Kier alpha value is -3.60. The minimum atomic E-state index is 0.984. The van der Waals surface area contributed by atoms with Crippen LogP contribution in [0.5, 0.6) is 0 Å². The number of hydrogen-bond donors (Lipinski definition) is 0. The van der Waals surface area contributed by atoms with Crippen LogP contribution < -0.4 is 0 Å². The van der Waals surface area contributed by atoms with Crippen LogP contribution in [-0.4, -0.2) is 47.1 Å². The van der Waals surface area contributed by atoms with Crippen molar-refractivity contribution in [3.63, 3.8) is 0 Å². The maximum Gasteiger partial charge on any atom is 0.0491 e. The van der Waals surface area contributed by atoms with E-state index in [0.717, 1.165) is 13.1 Å². The van der Waals surface area contributed by atoms with Gasteiger partial charge in [0.2, 0.25) is 0 Å². The highest BCUT2D eigenvalue weighted by atomic mass is 15.1. The second-order valence-electron chi connectivity index (χ2n) is 10.3. The second kappa shape index (κ2) is 19.6. The van der Waals surface area contributed by atoms with Gasteiger partial charge in [0.25, 0.3) is 0 Å². The van der Waals surface area contributed by atoms with Gasteiger partial charge in [-0.05, 0) is 69.6 Å². The summed E-state index contributed by atoms with van der Waals surface area (Å²) in [6.45, 7) is 18.0. The van der Waals surface area contributed by atoms with Crippen LogP contribution in [0.4, 0.5) is 0 Å². The van der Waals surface area contributed by atoms with Gasteiger partial charge in [-0.1, -0.05) is 110 Å². The molecule has 4 heteroatoms. The number of rotatable bonds is 4. The number of benzene rings is 4. The molecule has 0 aliphatic carbocycles. The molecule has 2 heterocycles. The third kappa shape index (κ3) is 9.20. The molecule has 0 radical (unpaired) electrons. The van der Waals surface area contributed by atoms with Crippen LogP contribution >= 0.6 is 0 Å². The Morgan fingerprint density at radius 2 is 0.773 bits per heavy atom. The van der Waals surface area contributed by atoms with E-state index in [1.54, 1.807) is 0 Å². The summed E-state index contributed by atoms with van der Waals surface area (Å²) in [6.07, 6.45) is 0. The number of nitrogens with zero attached hydrogens (tertiary/aromatic N) is 4. The van der Waals surface area contributed by atoms with Gasteiger partial charge < -0.3 is 18.9 Å². The van der Waals surface area contributed by atoms with E-state index < -0.39 is 0 Å². The Kier molecular flexibility index (Phi) is 17.1. The first kappa shape index (κ1) is 38.4. The molecular formula is C40H60N4. The largest absolute Gasteiger partial charge is 0.344 e. The lowest BCUT2D eigenvalue weighted by Crippen LogP contribution is -2.10. The number of aromatic nitrogens is 2. The lowest BCUT2D eigenvalue weighted by Gasteiger charge is -2.09. The fourth-order valence-electron chi connectivity index (χ4n) is 5.35. The van der Waals surface area contributed by atoms with Crippen LogP contribution in [0.2, 0.25) is 0 Å². The highest BCUT2D eigenvalue weighted by Gasteiger charge is 2.09. The highest BCUT2D eigenvalue weighted by Crippen LogP contribution is 2.30. The lowest BCUT2D eigenvalue weighted by atomic mass is 10.1. The summed E-state index contributed by atoms with van der Waals surface area (Å²) >= 11 is 0. The van der Waals surface area contributed by atoms with E-state index in [1.165, 1.54) is 54.7 Å². The topological polar surface area (TPSA) is 16.3 Å². The van der Waals surface area contributed by atoms with Crippen molar-refractivity contribution < 1.29 is 0 Å². The molecule has 0 atom stereocenters. The van der Waals surface area contributed by atoms with Crippen molar-refractivity contribution in [2.75, 3.05) is 28.2 Å². The van der Waals surface area contributed by atoms with Gasteiger partial charge in [0.15, 0.2) is 0 Å². The minimum absolute atomic E-state index is 0.984. The van der Waals surface area contributed by atoms with Crippen molar-refractivity contribution in [2.24, 2.45) is 14.1 Å². The fourth-order valence-corrected chi connectivity index (χ4v) is 5.35. The van der Waals surface area contributed by atoms with E-state index in [4.69, 9.17) is 0 Å². The summed E-state index contributed by atoms with van der Waals surface area (Å²) in [6, 6.07) is 30.7. The number of hydrogen-bond acceptors (Lipinski definition) is 2. The standard InChI is InChI=1S/2C16H18N2.4C2H6/c1-17(2)11-12-8-9-16-14(10-12)13-6-4-5-7-15(13)18(16)3;1-17(2)11-12-8-9-14-13-6-4-5-7-15(13)18(3)16(14)10-12;4*1-2/h2*4-10H,11H2,1-3H3;4*1-2H3. The predicted octanol–water partition coefficient (Wildman–Crippen LogP) is 10.9. The summed E-state index contributed by atoms with van der Waals surface area (Å²) in [5.74, 6) is 0. The summed E-state index contributed by atoms with van der Waals surface area (Å²) in [7, 11) is 12.7. The third-order valence-corrected chi connectivity index (χ3v) is 6.95. The molecule has 240 valence electrons. The van der Waals surface area contributed by atoms with Crippen molar-refractivity contribution in [3.8, 4) is 0 Å². The summed E-state index contributed by atoms with van der Waals surface area (Å²) < 4.78 is 4.55. The first-order valence-corrected chi connectivity index (χ1v) is 16.5. The fraction of sp³-hybridized carbons (Fsp3) is 0.400. The lowest BCUT2D eigenvalue weighted by molar-refractivity contribution is 0.402. The maximum atomic E-state index is 2.32. The minimum Gasteiger partial charge on any atom is -0.344 e. The van der Waals surface area contributed by atoms with Crippen molar-refractivity contribution in [1.82, 2.24) is 18.9 Å². The molecule has 0 unspecified atom stereocenters. The van der Waals surface area contributed by atoms with E-state index in [0.29, 0.717) is 0 Å². The average Bonchev–Trinajstić information content (AvgIpc) is 3.51. The monoisotopic (exact) mass is 596 g/mol. The zero-order chi connectivity index (χ0) is 33.4. The molecule has 0 bridgehead atoms. The molecule has 4 aromatic carbocycles. The highest BCUT2D eigenvalue weighted by molar-refractivity contribution is 6.09. The summed E-state index contributed by atoms with van der Waals surface area (Å²) in [5.41, 5.74) is 7.94. The van der Waals surface area contributed by atoms with Crippen molar-refractivity contribution >= 4 is 43.6 Å². The molecule has 2 aromatic heterocycles. The molecule has 0 saturated carbocycles. The van der Waals surface area contributed by atoms with Crippen LogP contribution in [0.15, 0.2) is 84.9 Å². The van der Waals surface area contributed by atoms with Gasteiger partial charge in [0.1, 0.15) is 0 Å². The Labute approximate surface area is 268 Å². The van der Waals surface area contributed by atoms with Crippen LogP contribution in [0.1, 0.15) is 66.5 Å². The van der Waals surface area contributed by atoms with Crippen molar-refractivity contribution in [3.05, 3.63) is 96.1 Å². The van der Waals surface area contributed by atoms with E-state index in [9.17, 15) is 0 Å². The molecular weight excluding hydrogens is 536 g/mol. The van der Waals surface area contributed by atoms with E-state index >= 15 is 0 Å². The molecule has 6 rings (SSSR count). The smallest absolute Gasteiger partial charge is 0.0491 e. The third-order valence-electron chi connectivity index (χ3n) is 6.95. The van der Waals surface area contributed by atoms with Gasteiger partial charge in [-0.25, -0.2) is 0 Å². The molecule has 4 nitrogen and oxygen atoms in total. The van der Waals surface area contributed by atoms with E-state index in [-0.39, 0.29) is 0 Å². The summed E-state index contributed by atoms with van der Waals surface area (Å²) in [4.78, 5) is 4.40. The number of fused-ring (bicyclic) bond motifs is 6. The van der Waals surface area contributed by atoms with Gasteiger partial charge in [0.05, 0.1) is 0 Å². The molecule has 0 aliphatic heterocycles. The predicted molar refractivity (Wildman–Crippen MR) is 201 cm³/mol. The van der Waals surface area contributed by atoms with Gasteiger partial charge in [-0.3, -0.25) is 0 Å². The molecule has 0 spiro atoms. The number of para-hydroxylation sites is 2. The Bertz CT molecular complexity index is 1660. The van der Waals surface area contributed by atoms with Gasteiger partial charge in [-0.2, -0.15) is 0 Å². The first-order valence-electron chi connectivity index (χ1n) is 16.5. The molecule has 0 N–H and O–H groups in total. The van der Waals surface area contributed by atoms with Crippen LogP contribution in [0.3, 0.4) is 0 Å². The second-order valence-corrected chi connectivity index (χ2v) is 10.3. The molecule has 0 aliphatic rings.